The van der Waals surface area contributed by atoms with Gasteiger partial charge in [-0.1, -0.05) is 31.9 Å². The van der Waals surface area contributed by atoms with Crippen LogP contribution in [0.15, 0.2) is 37.6 Å². The molecule has 3 aromatic heterocycles. The molecule has 7 nitrogen and oxygen atoms in total. The van der Waals surface area contributed by atoms with E-state index >= 15 is 0 Å². The number of nitrogens with zero attached hydrogens (tertiary/aromatic N) is 3. The third-order valence-electron chi connectivity index (χ3n) is 4.71. The second-order valence-corrected chi connectivity index (χ2v) is 10.7. The van der Waals surface area contributed by atoms with Crippen molar-refractivity contribution in [3.63, 3.8) is 0 Å². The summed E-state index contributed by atoms with van der Waals surface area (Å²) >= 11 is 5.99. The smallest absolute Gasteiger partial charge is 0.281 e. The van der Waals surface area contributed by atoms with E-state index in [1.165, 1.54) is 39.3 Å². The molecule has 31 heavy (non-hydrogen) atoms. The molecule has 0 atom stereocenters. The number of hydrogen-bond acceptors (Lipinski definition) is 10. The molecule has 0 saturated heterocycles. The summed E-state index contributed by atoms with van der Waals surface area (Å²) in [6.45, 7) is 5.43. The van der Waals surface area contributed by atoms with Gasteiger partial charge in [-0.2, -0.15) is 5.10 Å². The monoisotopic (exact) mass is 493 g/mol. The van der Waals surface area contributed by atoms with E-state index in [0.717, 1.165) is 33.3 Å². The first-order valence-electron chi connectivity index (χ1n) is 9.75. The molecule has 3 N–H and O–H groups in total. The Labute approximate surface area is 197 Å². The minimum absolute atomic E-state index is 0.135. The van der Waals surface area contributed by atoms with Crippen LogP contribution in [0.4, 0.5) is 5.00 Å². The zero-order chi connectivity index (χ0) is 22.0. The largest absolute Gasteiger partial charge is 0.505 e. The molecule has 0 fully saturated rings. The normalized spacial score (nSPS) is 13.2. The maximum Gasteiger partial charge on any atom is 0.281 e. The van der Waals surface area contributed by atoms with E-state index in [2.05, 4.69) is 33.8 Å². The lowest BCUT2D eigenvalue weighted by molar-refractivity contribution is 0.444. The highest BCUT2D eigenvalue weighted by atomic mass is 32.2. The van der Waals surface area contributed by atoms with Gasteiger partial charge in [0.2, 0.25) is 0 Å². The molecule has 0 unspecified atom stereocenters. The van der Waals surface area contributed by atoms with Gasteiger partial charge in [-0.05, 0) is 52.9 Å². The van der Waals surface area contributed by atoms with Crippen LogP contribution in [-0.2, 0) is 13.1 Å². The van der Waals surface area contributed by atoms with Crippen LogP contribution in [0.1, 0.15) is 31.4 Å². The average molecular weight is 494 g/mol. The Morgan fingerprint density at radius 3 is 2.90 bits per heavy atom. The van der Waals surface area contributed by atoms with Crippen molar-refractivity contribution < 1.29 is 5.11 Å². The van der Waals surface area contributed by atoms with Crippen LogP contribution < -0.4 is 15.0 Å². The first-order chi connectivity index (χ1) is 15.0. The van der Waals surface area contributed by atoms with E-state index < -0.39 is 0 Å². The minimum Gasteiger partial charge on any atom is -0.505 e. The highest BCUT2D eigenvalue weighted by Crippen LogP contribution is 2.42. The predicted molar refractivity (Wildman–Crippen MR) is 133 cm³/mol. The Hall–Kier alpha value is -1.79. The summed E-state index contributed by atoms with van der Waals surface area (Å²) < 4.78 is 7.89. The van der Waals surface area contributed by atoms with Crippen LogP contribution in [0, 0.1) is 5.92 Å². The van der Waals surface area contributed by atoms with Gasteiger partial charge >= 0.3 is 0 Å². The summed E-state index contributed by atoms with van der Waals surface area (Å²) in [4.78, 5) is 19.8. The number of nitrogens with one attached hydrogen (secondary N) is 2. The molecule has 0 saturated carbocycles. The fraction of sp³-hybridized carbons (Fsp3) is 0.350. The Kier molecular flexibility index (Phi) is 7.07. The zero-order valence-corrected chi connectivity index (χ0v) is 20.6. The summed E-state index contributed by atoms with van der Waals surface area (Å²) in [7, 11) is 0. The van der Waals surface area contributed by atoms with Crippen LogP contribution in [0.3, 0.4) is 0 Å². The number of fused-ring (bicyclic) bond motifs is 1. The van der Waals surface area contributed by atoms with Gasteiger partial charge in [0.15, 0.2) is 11.6 Å². The first kappa shape index (κ1) is 22.4. The fourth-order valence-electron chi connectivity index (χ4n) is 3.05. The van der Waals surface area contributed by atoms with Crippen LogP contribution in [0.5, 0.6) is 5.75 Å². The second kappa shape index (κ2) is 9.78. The molecule has 3 aromatic rings. The standard InChI is InChI=1S/C20H23N5O2S4/c1-11(2)6-7-25-20(27)14(16(26)15(23-25)13-5-4-8-29-13)18-22-19-17(31-24-18)12(10-30-19)9-21-28-3/h4-5,8,10-11,21,26H,6-7,9H2,1-3H3,(H,22,24). The van der Waals surface area contributed by atoms with Gasteiger partial charge in [0.25, 0.3) is 5.56 Å². The van der Waals surface area contributed by atoms with Crippen LogP contribution >= 0.6 is 46.6 Å². The van der Waals surface area contributed by atoms with Gasteiger partial charge in [-0.15, -0.1) is 22.7 Å². The predicted octanol–water partition coefficient (Wildman–Crippen LogP) is 4.84. The van der Waals surface area contributed by atoms with Crippen molar-refractivity contribution in [2.45, 2.75) is 38.3 Å². The topological polar surface area (TPSA) is 91.5 Å². The summed E-state index contributed by atoms with van der Waals surface area (Å²) in [5.74, 6) is 0.660. The van der Waals surface area contributed by atoms with Gasteiger partial charge in [0.1, 0.15) is 16.3 Å². The Balaban J connectivity index is 1.80. The van der Waals surface area contributed by atoms with E-state index in [9.17, 15) is 9.90 Å². The van der Waals surface area contributed by atoms with Gasteiger partial charge in [-0.3, -0.25) is 9.52 Å². The van der Waals surface area contributed by atoms with Crippen molar-refractivity contribution in [1.29, 1.82) is 0 Å². The maximum atomic E-state index is 13.3. The summed E-state index contributed by atoms with van der Waals surface area (Å²) in [5, 5.41) is 20.4. The van der Waals surface area contributed by atoms with Crippen LogP contribution in [0.25, 0.3) is 10.6 Å². The molecule has 164 valence electrons. The van der Waals surface area contributed by atoms with Crippen molar-refractivity contribution in [2.24, 2.45) is 10.9 Å². The van der Waals surface area contributed by atoms with E-state index in [0.29, 0.717) is 24.0 Å². The molecule has 0 aliphatic carbocycles. The third-order valence-corrected chi connectivity index (χ3v) is 8.02. The van der Waals surface area contributed by atoms with Crippen molar-refractivity contribution in [1.82, 2.24) is 19.2 Å². The Morgan fingerprint density at radius 1 is 1.35 bits per heavy atom. The molecular weight excluding hydrogens is 471 g/mol. The number of aryl methyl sites for hydroxylation is 1. The lowest BCUT2D eigenvalue weighted by Crippen LogP contribution is -2.34. The number of thiophene rings is 2. The number of aromatic hydroxyl groups is 1. The summed E-state index contributed by atoms with van der Waals surface area (Å²) in [6.07, 6.45) is 2.80. The van der Waals surface area contributed by atoms with Gasteiger partial charge < -0.3 is 9.83 Å². The quantitative estimate of drug-likeness (QED) is 0.387. The molecule has 0 radical (unpaired) electrons. The Bertz CT molecular complexity index is 1150. The Morgan fingerprint density at radius 2 is 2.19 bits per heavy atom. The molecular formula is C20H23N5O2S4. The van der Waals surface area contributed by atoms with E-state index in [-0.39, 0.29) is 16.9 Å². The average Bonchev–Trinajstić information content (AvgIpc) is 3.41. The number of aliphatic imine (C=N–C) groups is 1. The molecule has 4 rings (SSSR count). The number of amidine groups is 1. The molecule has 0 spiro atoms. The summed E-state index contributed by atoms with van der Waals surface area (Å²) in [6, 6.07) is 3.79. The van der Waals surface area contributed by atoms with Gasteiger partial charge in [-0.25, -0.2) is 9.67 Å². The SMILES string of the molecule is CSNCc1csc2c1SNC(c1c(O)c(-c3cccs3)nn(CCC(C)C)c1=O)=N2. The van der Waals surface area contributed by atoms with Crippen molar-refractivity contribution in [3.05, 3.63) is 44.4 Å². The number of aromatic nitrogens is 2. The fourth-order valence-corrected chi connectivity index (χ4v) is 5.98. The first-order valence-corrected chi connectivity index (χ1v) is 13.6. The number of rotatable bonds is 8. The van der Waals surface area contributed by atoms with Crippen LogP contribution in [-0.4, -0.2) is 27.0 Å². The second-order valence-electron chi connectivity index (χ2n) is 7.35. The highest BCUT2D eigenvalue weighted by molar-refractivity contribution is 7.98. The third kappa shape index (κ3) is 4.70. The van der Waals surface area contributed by atoms with Crippen LogP contribution in [0.2, 0.25) is 0 Å². The van der Waals surface area contributed by atoms with Gasteiger partial charge in [0.05, 0.1) is 9.77 Å². The maximum absolute atomic E-state index is 13.3. The van der Waals surface area contributed by atoms with E-state index in [1.54, 1.807) is 11.9 Å². The van der Waals surface area contributed by atoms with E-state index in [1.807, 2.05) is 23.8 Å². The van der Waals surface area contributed by atoms with Crippen molar-refractivity contribution >= 4 is 57.4 Å². The molecule has 1 aliphatic rings. The molecule has 4 heterocycles. The zero-order valence-electron chi connectivity index (χ0n) is 17.3. The lowest BCUT2D eigenvalue weighted by Gasteiger charge is -2.18. The molecule has 11 heteroatoms. The van der Waals surface area contributed by atoms with Crippen molar-refractivity contribution in [2.75, 3.05) is 6.26 Å². The lowest BCUT2D eigenvalue weighted by atomic mass is 10.1. The summed E-state index contributed by atoms with van der Waals surface area (Å²) in [5.41, 5.74) is 1.39. The minimum atomic E-state index is -0.338. The van der Waals surface area contributed by atoms with Gasteiger partial charge in [0, 0.05) is 13.1 Å². The van der Waals surface area contributed by atoms with E-state index in [4.69, 9.17) is 4.99 Å². The molecule has 1 aliphatic heterocycles. The number of hydrogen-bond donors (Lipinski definition) is 3. The molecule has 0 aromatic carbocycles. The molecule has 0 amide bonds. The van der Waals surface area contributed by atoms with Crippen molar-refractivity contribution in [3.8, 4) is 16.3 Å². The molecule has 0 bridgehead atoms. The highest BCUT2D eigenvalue weighted by Gasteiger charge is 2.27.